The highest BCUT2D eigenvalue weighted by Gasteiger charge is 2.13. The van der Waals surface area contributed by atoms with Gasteiger partial charge in [-0.05, 0) is 19.1 Å². The standard InChI is InChI=1S/C10H13ClN4/c1-7(5-6-12)15(2)10-8(13)3-4-9(11)14-10/h3-4,7H,5,13H2,1-2H3. The van der Waals surface area contributed by atoms with E-state index in [1.165, 1.54) is 0 Å². The van der Waals surface area contributed by atoms with Crippen LogP contribution in [0.3, 0.4) is 0 Å². The van der Waals surface area contributed by atoms with Gasteiger partial charge in [0.2, 0.25) is 0 Å². The van der Waals surface area contributed by atoms with E-state index in [1.807, 2.05) is 18.9 Å². The second-order valence-corrected chi connectivity index (χ2v) is 3.76. The van der Waals surface area contributed by atoms with Gasteiger partial charge in [0.05, 0.1) is 18.2 Å². The molecule has 0 amide bonds. The molecule has 80 valence electrons. The molecule has 2 N–H and O–H groups in total. The van der Waals surface area contributed by atoms with Crippen LogP contribution in [0.4, 0.5) is 11.5 Å². The lowest BCUT2D eigenvalue weighted by Crippen LogP contribution is -2.29. The van der Waals surface area contributed by atoms with Crippen molar-refractivity contribution in [3.63, 3.8) is 0 Å². The molecule has 0 aliphatic rings. The predicted molar refractivity (Wildman–Crippen MR) is 61.8 cm³/mol. The minimum absolute atomic E-state index is 0.0586. The van der Waals surface area contributed by atoms with Gasteiger partial charge in [0.15, 0.2) is 5.82 Å². The third kappa shape index (κ3) is 2.74. The molecule has 1 aromatic heterocycles. The topological polar surface area (TPSA) is 65.9 Å². The highest BCUT2D eigenvalue weighted by Crippen LogP contribution is 2.23. The van der Waals surface area contributed by atoms with Gasteiger partial charge in [-0.1, -0.05) is 11.6 Å². The maximum atomic E-state index is 8.60. The van der Waals surface area contributed by atoms with Crippen molar-refractivity contribution >= 4 is 23.1 Å². The number of pyridine rings is 1. The maximum Gasteiger partial charge on any atom is 0.153 e. The molecule has 1 atom stereocenters. The summed E-state index contributed by atoms with van der Waals surface area (Å²) in [4.78, 5) is 5.98. The fourth-order valence-electron chi connectivity index (χ4n) is 1.20. The van der Waals surface area contributed by atoms with E-state index in [-0.39, 0.29) is 6.04 Å². The van der Waals surface area contributed by atoms with Crippen LogP contribution in [-0.2, 0) is 0 Å². The Kier molecular flexibility index (Phi) is 3.75. The lowest BCUT2D eigenvalue weighted by molar-refractivity contribution is 0.695. The summed E-state index contributed by atoms with van der Waals surface area (Å²) >= 11 is 5.78. The van der Waals surface area contributed by atoms with Gasteiger partial charge in [0, 0.05) is 13.1 Å². The van der Waals surface area contributed by atoms with Crippen molar-refractivity contribution in [3.05, 3.63) is 17.3 Å². The first kappa shape index (κ1) is 11.6. The highest BCUT2D eigenvalue weighted by atomic mass is 35.5. The summed E-state index contributed by atoms with van der Waals surface area (Å²) in [6, 6.07) is 5.52. The molecular formula is C10H13ClN4. The second-order valence-electron chi connectivity index (χ2n) is 3.37. The summed E-state index contributed by atoms with van der Waals surface area (Å²) in [5.74, 6) is 0.616. The third-order valence-corrected chi connectivity index (χ3v) is 2.46. The second kappa shape index (κ2) is 4.85. The van der Waals surface area contributed by atoms with Crippen molar-refractivity contribution in [2.75, 3.05) is 17.7 Å². The Morgan fingerprint density at radius 1 is 1.67 bits per heavy atom. The van der Waals surface area contributed by atoms with Crippen LogP contribution < -0.4 is 10.6 Å². The zero-order chi connectivity index (χ0) is 11.4. The van der Waals surface area contributed by atoms with E-state index < -0.39 is 0 Å². The van der Waals surface area contributed by atoms with Crippen LogP contribution in [0.5, 0.6) is 0 Å². The summed E-state index contributed by atoms with van der Waals surface area (Å²) in [7, 11) is 1.84. The van der Waals surface area contributed by atoms with Crippen molar-refractivity contribution in [1.29, 1.82) is 5.26 Å². The first-order valence-electron chi connectivity index (χ1n) is 4.58. The number of aromatic nitrogens is 1. The van der Waals surface area contributed by atoms with E-state index >= 15 is 0 Å². The summed E-state index contributed by atoms with van der Waals surface area (Å²) in [6.07, 6.45) is 0.421. The molecule has 5 heteroatoms. The largest absolute Gasteiger partial charge is 0.396 e. The van der Waals surface area contributed by atoms with Crippen LogP contribution in [0, 0.1) is 11.3 Å². The smallest absolute Gasteiger partial charge is 0.153 e. The zero-order valence-electron chi connectivity index (χ0n) is 8.74. The lowest BCUT2D eigenvalue weighted by atomic mass is 10.2. The van der Waals surface area contributed by atoms with E-state index in [0.29, 0.717) is 23.1 Å². The van der Waals surface area contributed by atoms with Crippen molar-refractivity contribution in [1.82, 2.24) is 4.98 Å². The molecule has 0 fully saturated rings. The Hall–Kier alpha value is -1.47. The van der Waals surface area contributed by atoms with Crippen LogP contribution >= 0.6 is 11.6 Å². The zero-order valence-corrected chi connectivity index (χ0v) is 9.49. The molecule has 0 saturated carbocycles. The normalized spacial score (nSPS) is 11.9. The molecule has 1 rings (SSSR count). The fourth-order valence-corrected chi connectivity index (χ4v) is 1.34. The van der Waals surface area contributed by atoms with E-state index in [9.17, 15) is 0 Å². The lowest BCUT2D eigenvalue weighted by Gasteiger charge is -2.25. The van der Waals surface area contributed by atoms with Crippen molar-refractivity contribution in [3.8, 4) is 6.07 Å². The quantitative estimate of drug-likeness (QED) is 0.799. The van der Waals surface area contributed by atoms with Crippen LogP contribution in [0.1, 0.15) is 13.3 Å². The number of nitrogens with zero attached hydrogens (tertiary/aromatic N) is 3. The molecule has 0 aliphatic heterocycles. The first-order chi connectivity index (χ1) is 7.06. The number of hydrogen-bond acceptors (Lipinski definition) is 4. The van der Waals surface area contributed by atoms with Gasteiger partial charge in [-0.3, -0.25) is 0 Å². The summed E-state index contributed by atoms with van der Waals surface area (Å²) in [6.45, 7) is 1.94. The van der Waals surface area contributed by atoms with Gasteiger partial charge in [0.1, 0.15) is 5.15 Å². The molecule has 1 unspecified atom stereocenters. The number of nitrogens with two attached hydrogens (primary N) is 1. The van der Waals surface area contributed by atoms with Gasteiger partial charge >= 0.3 is 0 Å². The molecular weight excluding hydrogens is 212 g/mol. The van der Waals surface area contributed by atoms with Crippen molar-refractivity contribution in [2.24, 2.45) is 0 Å². The number of hydrogen-bond donors (Lipinski definition) is 1. The Morgan fingerprint density at radius 3 is 2.93 bits per heavy atom. The van der Waals surface area contributed by atoms with Crippen molar-refractivity contribution < 1.29 is 0 Å². The van der Waals surface area contributed by atoms with E-state index in [2.05, 4.69) is 11.1 Å². The van der Waals surface area contributed by atoms with Gasteiger partial charge < -0.3 is 10.6 Å². The predicted octanol–water partition coefficient (Wildman–Crippen LogP) is 2.06. The minimum atomic E-state index is 0.0586. The SMILES string of the molecule is CC(CC#N)N(C)c1nc(Cl)ccc1N. The molecule has 1 heterocycles. The van der Waals surface area contributed by atoms with Crippen LogP contribution in [-0.4, -0.2) is 18.1 Å². The average molecular weight is 225 g/mol. The molecule has 0 aliphatic carbocycles. The van der Waals surface area contributed by atoms with Crippen LogP contribution in [0.2, 0.25) is 5.15 Å². The number of anilines is 2. The van der Waals surface area contributed by atoms with Crippen LogP contribution in [0.15, 0.2) is 12.1 Å². The summed E-state index contributed by atoms with van der Waals surface area (Å²) in [5, 5.41) is 9.00. The van der Waals surface area contributed by atoms with E-state index in [4.69, 9.17) is 22.6 Å². The molecule has 0 radical (unpaired) electrons. The average Bonchev–Trinajstić information content (AvgIpc) is 2.21. The molecule has 0 spiro atoms. The van der Waals surface area contributed by atoms with Crippen LogP contribution in [0.25, 0.3) is 0 Å². The summed E-state index contributed by atoms with van der Waals surface area (Å²) < 4.78 is 0. The fraction of sp³-hybridized carbons (Fsp3) is 0.400. The molecule has 0 bridgehead atoms. The first-order valence-corrected chi connectivity index (χ1v) is 4.96. The van der Waals surface area contributed by atoms with Gasteiger partial charge in [-0.25, -0.2) is 4.98 Å². The monoisotopic (exact) mass is 224 g/mol. The number of rotatable bonds is 3. The maximum absolute atomic E-state index is 8.60. The Morgan fingerprint density at radius 2 is 2.33 bits per heavy atom. The van der Waals surface area contributed by atoms with Gasteiger partial charge in [-0.15, -0.1) is 0 Å². The Bertz CT molecular complexity index is 385. The number of halogens is 1. The number of nitriles is 1. The molecule has 4 nitrogen and oxygen atoms in total. The van der Waals surface area contributed by atoms with Gasteiger partial charge in [0.25, 0.3) is 0 Å². The molecule has 1 aromatic rings. The van der Waals surface area contributed by atoms with Crippen molar-refractivity contribution in [2.45, 2.75) is 19.4 Å². The molecule has 0 saturated heterocycles. The molecule has 0 aromatic carbocycles. The summed E-state index contributed by atoms with van der Waals surface area (Å²) in [5.41, 5.74) is 6.34. The third-order valence-electron chi connectivity index (χ3n) is 2.25. The Balaban J connectivity index is 2.95. The Labute approximate surface area is 94.3 Å². The number of nitrogen functional groups attached to an aromatic ring is 1. The minimum Gasteiger partial charge on any atom is -0.396 e. The highest BCUT2D eigenvalue weighted by molar-refractivity contribution is 6.29. The van der Waals surface area contributed by atoms with E-state index in [0.717, 1.165) is 0 Å². The molecule has 15 heavy (non-hydrogen) atoms. The van der Waals surface area contributed by atoms with E-state index in [1.54, 1.807) is 12.1 Å². The van der Waals surface area contributed by atoms with Gasteiger partial charge in [-0.2, -0.15) is 5.26 Å².